The maximum Gasteiger partial charge on any atom is 0.326 e. The summed E-state index contributed by atoms with van der Waals surface area (Å²) < 4.78 is 0. The number of carboxylic acid groups (broad SMARTS) is 1. The van der Waals surface area contributed by atoms with Crippen molar-refractivity contribution in [1.82, 2.24) is 9.88 Å². The number of rotatable bonds is 5. The largest absolute Gasteiger partial charge is 0.480 e. The summed E-state index contributed by atoms with van der Waals surface area (Å²) in [7, 11) is 3.75. The minimum Gasteiger partial charge on any atom is -0.480 e. The molecule has 2 rings (SSSR count). The topological polar surface area (TPSA) is 73.7 Å². The van der Waals surface area contributed by atoms with Gasteiger partial charge in [-0.1, -0.05) is 0 Å². The van der Waals surface area contributed by atoms with E-state index in [2.05, 4.69) is 4.98 Å². The van der Waals surface area contributed by atoms with Crippen LogP contribution in [0.25, 0.3) is 0 Å². The molecule has 1 aromatic rings. The van der Waals surface area contributed by atoms with Crippen LogP contribution in [0.2, 0.25) is 0 Å². The van der Waals surface area contributed by atoms with Crippen molar-refractivity contribution in [3.8, 4) is 0 Å². The van der Waals surface area contributed by atoms with E-state index in [-0.39, 0.29) is 17.6 Å². The zero-order valence-electron chi connectivity index (χ0n) is 11.9. The highest BCUT2D eigenvalue weighted by Crippen LogP contribution is 2.30. The molecule has 1 fully saturated rings. The Labute approximate surface area is 118 Å². The van der Waals surface area contributed by atoms with Crippen LogP contribution in [0.3, 0.4) is 0 Å². The molecule has 0 aliphatic heterocycles. The number of carbonyl (C=O) groups is 2. The summed E-state index contributed by atoms with van der Waals surface area (Å²) >= 11 is 0. The molecule has 0 radical (unpaired) electrons. The predicted octanol–water partition coefficient (Wildman–Crippen LogP) is 1.23. The summed E-state index contributed by atoms with van der Waals surface area (Å²) in [5.41, 5.74) is 1.15. The number of amides is 1. The Balaban J connectivity index is 2.28. The quantitative estimate of drug-likeness (QED) is 0.876. The minimum atomic E-state index is -0.992. The van der Waals surface area contributed by atoms with Crippen molar-refractivity contribution in [2.24, 2.45) is 0 Å². The normalized spacial score (nSPS) is 15.6. The van der Waals surface area contributed by atoms with Gasteiger partial charge in [-0.15, -0.1) is 0 Å². The van der Waals surface area contributed by atoms with Crippen LogP contribution in [0.1, 0.15) is 30.3 Å². The highest BCUT2D eigenvalue weighted by molar-refractivity contribution is 5.96. The van der Waals surface area contributed by atoms with Gasteiger partial charge in [-0.2, -0.15) is 0 Å². The van der Waals surface area contributed by atoms with E-state index in [1.54, 1.807) is 18.3 Å². The van der Waals surface area contributed by atoms with Gasteiger partial charge in [0, 0.05) is 32.0 Å². The second-order valence-corrected chi connectivity index (χ2v) is 5.25. The van der Waals surface area contributed by atoms with Crippen LogP contribution in [-0.4, -0.2) is 53.0 Å². The van der Waals surface area contributed by atoms with Gasteiger partial charge in [0.25, 0.3) is 5.91 Å². The molecule has 1 unspecified atom stereocenters. The fraction of sp³-hybridized carbons (Fsp3) is 0.500. The maximum atomic E-state index is 12.5. The molecule has 1 saturated carbocycles. The third kappa shape index (κ3) is 2.89. The van der Waals surface area contributed by atoms with Gasteiger partial charge in [0.15, 0.2) is 0 Å². The van der Waals surface area contributed by atoms with Gasteiger partial charge in [-0.3, -0.25) is 9.78 Å². The van der Waals surface area contributed by atoms with Gasteiger partial charge in [0.2, 0.25) is 0 Å². The lowest BCUT2D eigenvalue weighted by atomic mass is 10.2. The van der Waals surface area contributed by atoms with E-state index >= 15 is 0 Å². The SMILES string of the molecule is CC(C(=O)O)N(C(=O)c1cc(N(C)C)ccn1)C1CC1. The van der Waals surface area contributed by atoms with Gasteiger partial charge < -0.3 is 14.9 Å². The van der Waals surface area contributed by atoms with Crippen LogP contribution in [0.4, 0.5) is 5.69 Å². The highest BCUT2D eigenvalue weighted by Gasteiger charge is 2.39. The number of aliphatic carboxylic acids is 1. The van der Waals surface area contributed by atoms with Crippen LogP contribution >= 0.6 is 0 Å². The molecule has 6 heteroatoms. The Kier molecular flexibility index (Phi) is 3.92. The van der Waals surface area contributed by atoms with Crippen molar-refractivity contribution >= 4 is 17.6 Å². The van der Waals surface area contributed by atoms with E-state index in [0.29, 0.717) is 0 Å². The van der Waals surface area contributed by atoms with E-state index in [1.165, 1.54) is 11.8 Å². The third-order valence-electron chi connectivity index (χ3n) is 3.43. The predicted molar refractivity (Wildman–Crippen MR) is 74.9 cm³/mol. The third-order valence-corrected chi connectivity index (χ3v) is 3.43. The maximum absolute atomic E-state index is 12.5. The van der Waals surface area contributed by atoms with Crippen LogP contribution in [0.5, 0.6) is 0 Å². The lowest BCUT2D eigenvalue weighted by molar-refractivity contribution is -0.141. The molecule has 20 heavy (non-hydrogen) atoms. The Morgan fingerprint density at radius 1 is 1.40 bits per heavy atom. The molecule has 108 valence electrons. The summed E-state index contributed by atoms with van der Waals surface area (Å²) in [6, 6.07) is 2.68. The Morgan fingerprint density at radius 3 is 2.55 bits per heavy atom. The summed E-state index contributed by atoms with van der Waals surface area (Å²) in [4.78, 5) is 31.1. The molecule has 1 aliphatic rings. The van der Waals surface area contributed by atoms with Crippen LogP contribution in [-0.2, 0) is 4.79 Å². The van der Waals surface area contributed by atoms with Gasteiger partial charge >= 0.3 is 5.97 Å². The molecule has 1 N–H and O–H groups in total. The summed E-state index contributed by atoms with van der Waals surface area (Å²) in [5.74, 6) is -1.31. The molecule has 1 aliphatic carbocycles. The van der Waals surface area contributed by atoms with Crippen molar-refractivity contribution in [2.45, 2.75) is 31.8 Å². The first-order chi connectivity index (χ1) is 9.41. The molecule has 0 spiro atoms. The average molecular weight is 277 g/mol. The molecule has 6 nitrogen and oxygen atoms in total. The Hall–Kier alpha value is -2.11. The summed E-state index contributed by atoms with van der Waals surface area (Å²) in [5, 5.41) is 9.15. The van der Waals surface area contributed by atoms with Gasteiger partial charge in [-0.05, 0) is 31.9 Å². The fourth-order valence-corrected chi connectivity index (χ4v) is 2.08. The number of pyridine rings is 1. The fourth-order valence-electron chi connectivity index (χ4n) is 2.08. The molecule has 0 saturated heterocycles. The first-order valence-corrected chi connectivity index (χ1v) is 6.60. The first-order valence-electron chi connectivity index (χ1n) is 6.60. The van der Waals surface area contributed by atoms with Gasteiger partial charge in [0.1, 0.15) is 11.7 Å². The number of carboxylic acids is 1. The Morgan fingerprint density at radius 2 is 2.05 bits per heavy atom. The highest BCUT2D eigenvalue weighted by atomic mass is 16.4. The van der Waals surface area contributed by atoms with E-state index in [9.17, 15) is 9.59 Å². The number of aromatic nitrogens is 1. The number of carbonyl (C=O) groups excluding carboxylic acids is 1. The van der Waals surface area contributed by atoms with Crippen molar-refractivity contribution < 1.29 is 14.7 Å². The van der Waals surface area contributed by atoms with Crippen molar-refractivity contribution in [2.75, 3.05) is 19.0 Å². The molecule has 1 amide bonds. The zero-order valence-corrected chi connectivity index (χ0v) is 11.9. The monoisotopic (exact) mass is 277 g/mol. The number of nitrogens with zero attached hydrogens (tertiary/aromatic N) is 3. The molecule has 0 bridgehead atoms. The van der Waals surface area contributed by atoms with E-state index in [4.69, 9.17) is 5.11 Å². The molecule has 1 aromatic heterocycles. The van der Waals surface area contributed by atoms with Crippen LogP contribution in [0, 0.1) is 0 Å². The molecular weight excluding hydrogens is 258 g/mol. The lowest BCUT2D eigenvalue weighted by Crippen LogP contribution is -2.45. The van der Waals surface area contributed by atoms with E-state index in [0.717, 1.165) is 18.5 Å². The second-order valence-electron chi connectivity index (χ2n) is 5.25. The molecule has 0 aromatic carbocycles. The first kappa shape index (κ1) is 14.3. The average Bonchev–Trinajstić information content (AvgIpc) is 3.23. The second kappa shape index (κ2) is 5.48. The van der Waals surface area contributed by atoms with Crippen molar-refractivity contribution in [1.29, 1.82) is 0 Å². The Bertz CT molecular complexity index is 526. The summed E-state index contributed by atoms with van der Waals surface area (Å²) in [6.45, 7) is 1.54. The molecular formula is C14H19N3O3. The van der Waals surface area contributed by atoms with Crippen molar-refractivity contribution in [3.63, 3.8) is 0 Å². The smallest absolute Gasteiger partial charge is 0.326 e. The van der Waals surface area contributed by atoms with Gasteiger partial charge in [-0.25, -0.2) is 4.79 Å². The van der Waals surface area contributed by atoms with E-state index in [1.807, 2.05) is 19.0 Å². The minimum absolute atomic E-state index is 0.0263. The van der Waals surface area contributed by atoms with E-state index < -0.39 is 12.0 Å². The number of anilines is 1. The standard InChI is InChI=1S/C14H19N3O3/c1-9(14(19)20)17(10-4-5-10)13(18)12-8-11(16(2)3)6-7-15-12/h6-10H,4-5H2,1-3H3,(H,19,20). The number of hydrogen-bond acceptors (Lipinski definition) is 4. The van der Waals surface area contributed by atoms with Gasteiger partial charge in [0.05, 0.1) is 0 Å². The van der Waals surface area contributed by atoms with Crippen molar-refractivity contribution in [3.05, 3.63) is 24.0 Å². The summed E-state index contributed by atoms with van der Waals surface area (Å²) in [6.07, 6.45) is 3.28. The molecule has 1 heterocycles. The zero-order chi connectivity index (χ0) is 14.9. The van der Waals surface area contributed by atoms with Crippen LogP contribution in [0.15, 0.2) is 18.3 Å². The molecule has 1 atom stereocenters. The number of hydrogen-bond donors (Lipinski definition) is 1. The lowest BCUT2D eigenvalue weighted by Gasteiger charge is -2.26. The van der Waals surface area contributed by atoms with Crippen LogP contribution < -0.4 is 4.90 Å².